The summed E-state index contributed by atoms with van der Waals surface area (Å²) in [4.78, 5) is 0. The van der Waals surface area contributed by atoms with Gasteiger partial charge in [-0.25, -0.2) is 0 Å². The Bertz CT molecular complexity index is 832. The van der Waals surface area contributed by atoms with Gasteiger partial charge in [-0.05, 0) is 69.7 Å². The fraction of sp³-hybridized carbons (Fsp3) is 0.542. The van der Waals surface area contributed by atoms with Crippen LogP contribution in [-0.4, -0.2) is 15.8 Å². The molecule has 1 aromatic carbocycles. The van der Waals surface area contributed by atoms with Gasteiger partial charge >= 0.3 is 0 Å². The van der Waals surface area contributed by atoms with Crippen molar-refractivity contribution in [2.75, 3.05) is 0 Å². The number of aromatic nitrogens is 2. The normalized spacial score (nSPS) is 23.2. The Kier molecular flexibility index (Phi) is 4.88. The predicted molar refractivity (Wildman–Crippen MR) is 111 cm³/mol. The minimum absolute atomic E-state index is 0.118. The Balaban J connectivity index is 1.82. The molecule has 0 bridgehead atoms. The second-order valence-electron chi connectivity index (χ2n) is 8.88. The summed E-state index contributed by atoms with van der Waals surface area (Å²) in [7, 11) is 0. The summed E-state index contributed by atoms with van der Waals surface area (Å²) in [5, 5.41) is 7.18. The molecule has 2 atom stereocenters. The van der Waals surface area contributed by atoms with Crippen molar-refractivity contribution < 1.29 is 4.74 Å². The van der Waals surface area contributed by atoms with Gasteiger partial charge in [-0.2, -0.15) is 5.10 Å². The lowest BCUT2D eigenvalue weighted by molar-refractivity contribution is 0.0116. The second-order valence-corrected chi connectivity index (χ2v) is 8.88. The highest BCUT2D eigenvalue weighted by molar-refractivity contribution is 5.70. The first-order valence-corrected chi connectivity index (χ1v) is 10.5. The zero-order chi connectivity index (χ0) is 19.0. The molecule has 0 radical (unpaired) electrons. The molecule has 0 fully saturated rings. The van der Waals surface area contributed by atoms with E-state index in [9.17, 15) is 0 Å². The molecule has 3 nitrogen and oxygen atoms in total. The molecule has 1 aromatic heterocycles. The molecule has 2 aliphatic rings. The van der Waals surface area contributed by atoms with Gasteiger partial charge in [-0.15, -0.1) is 0 Å². The first-order valence-electron chi connectivity index (χ1n) is 10.5. The molecular formula is C24H32N2O. The molecule has 4 rings (SSSR count). The van der Waals surface area contributed by atoms with Crippen molar-refractivity contribution in [1.82, 2.24) is 10.2 Å². The van der Waals surface area contributed by atoms with Crippen molar-refractivity contribution in [1.29, 1.82) is 0 Å². The van der Waals surface area contributed by atoms with E-state index >= 15 is 0 Å². The van der Waals surface area contributed by atoms with Gasteiger partial charge in [0.25, 0.3) is 0 Å². The van der Waals surface area contributed by atoms with Crippen molar-refractivity contribution in [3.63, 3.8) is 0 Å². The van der Waals surface area contributed by atoms with Crippen molar-refractivity contribution in [3.8, 4) is 16.9 Å². The number of aryl methyl sites for hydroxylation is 1. The monoisotopic (exact) mass is 364 g/mol. The highest BCUT2D eigenvalue weighted by Crippen LogP contribution is 2.51. The third-order valence-corrected chi connectivity index (χ3v) is 6.47. The van der Waals surface area contributed by atoms with Gasteiger partial charge in [-0.1, -0.05) is 31.4 Å². The standard InChI is InChI=1S/C24H32N2O/c1-5-6-7-8-17-12-23-21(13-19(17)18-14-25-26-15-18)20-11-16(2)9-10-22(20)24(3,4)27-23/h11-15,20,22H,5-10H2,1-4H3,(H,25,26). The maximum Gasteiger partial charge on any atom is 0.124 e. The summed E-state index contributed by atoms with van der Waals surface area (Å²) < 4.78 is 6.59. The average Bonchev–Trinajstić information content (AvgIpc) is 3.15. The smallest absolute Gasteiger partial charge is 0.124 e. The fourth-order valence-corrected chi connectivity index (χ4v) is 4.94. The Morgan fingerprint density at radius 2 is 2.11 bits per heavy atom. The van der Waals surface area contributed by atoms with Crippen molar-refractivity contribution in [2.24, 2.45) is 5.92 Å². The summed E-state index contributed by atoms with van der Waals surface area (Å²) >= 11 is 0. The van der Waals surface area contributed by atoms with E-state index in [1.807, 2.05) is 12.4 Å². The van der Waals surface area contributed by atoms with Crippen molar-refractivity contribution in [2.45, 2.75) is 77.7 Å². The van der Waals surface area contributed by atoms with E-state index < -0.39 is 0 Å². The first-order chi connectivity index (χ1) is 13.0. The SMILES string of the molecule is CCCCCc1cc2c(cc1-c1cn[nH]c1)C1C=C(C)CCC1C(C)(C)O2. The van der Waals surface area contributed by atoms with E-state index in [1.54, 1.807) is 0 Å². The molecule has 2 aromatic rings. The summed E-state index contributed by atoms with van der Waals surface area (Å²) in [6.45, 7) is 9.06. The minimum Gasteiger partial charge on any atom is -0.487 e. The summed E-state index contributed by atoms with van der Waals surface area (Å²) in [5.41, 5.74) is 6.63. The van der Waals surface area contributed by atoms with Gasteiger partial charge in [-0.3, -0.25) is 5.10 Å². The van der Waals surface area contributed by atoms with Gasteiger partial charge in [0.2, 0.25) is 0 Å². The van der Waals surface area contributed by atoms with Crippen LogP contribution in [0.25, 0.3) is 11.1 Å². The Labute approximate surface area is 163 Å². The van der Waals surface area contributed by atoms with E-state index in [2.05, 4.69) is 56.1 Å². The van der Waals surface area contributed by atoms with E-state index in [0.29, 0.717) is 11.8 Å². The Morgan fingerprint density at radius 3 is 2.85 bits per heavy atom. The maximum atomic E-state index is 6.59. The molecule has 0 saturated carbocycles. The number of ether oxygens (including phenoxy) is 1. The van der Waals surface area contributed by atoms with Crippen LogP contribution in [0.3, 0.4) is 0 Å². The van der Waals surface area contributed by atoms with Crippen molar-refractivity contribution in [3.05, 3.63) is 47.3 Å². The Hall–Kier alpha value is -2.03. The largest absolute Gasteiger partial charge is 0.487 e. The van der Waals surface area contributed by atoms with E-state index in [4.69, 9.17) is 4.74 Å². The molecule has 0 spiro atoms. The molecule has 0 amide bonds. The van der Waals surface area contributed by atoms with Crippen LogP contribution in [0.5, 0.6) is 5.75 Å². The number of hydrogen-bond donors (Lipinski definition) is 1. The number of fused-ring (bicyclic) bond motifs is 3. The molecule has 3 heteroatoms. The zero-order valence-electron chi connectivity index (χ0n) is 17.1. The number of H-pyrrole nitrogens is 1. The average molecular weight is 365 g/mol. The number of allylic oxidation sites excluding steroid dienone is 2. The topological polar surface area (TPSA) is 37.9 Å². The summed E-state index contributed by atoms with van der Waals surface area (Å²) in [6.07, 6.45) is 13.7. The molecule has 1 aliphatic heterocycles. The van der Waals surface area contributed by atoms with Gasteiger partial charge in [0.1, 0.15) is 11.4 Å². The van der Waals surface area contributed by atoms with Crippen LogP contribution in [0.2, 0.25) is 0 Å². The third kappa shape index (κ3) is 3.44. The number of benzene rings is 1. The van der Waals surface area contributed by atoms with Crippen LogP contribution in [-0.2, 0) is 6.42 Å². The van der Waals surface area contributed by atoms with E-state index in [-0.39, 0.29) is 5.60 Å². The number of rotatable bonds is 5. The summed E-state index contributed by atoms with van der Waals surface area (Å²) in [6, 6.07) is 4.71. The molecule has 2 unspecified atom stereocenters. The molecule has 0 saturated heterocycles. The quantitative estimate of drug-likeness (QED) is 0.491. The maximum absolute atomic E-state index is 6.59. The van der Waals surface area contributed by atoms with Crippen LogP contribution in [0.15, 0.2) is 36.2 Å². The molecule has 144 valence electrons. The van der Waals surface area contributed by atoms with Crippen LogP contribution in [0.4, 0.5) is 0 Å². The fourth-order valence-electron chi connectivity index (χ4n) is 4.94. The number of hydrogen-bond acceptors (Lipinski definition) is 2. The van der Waals surface area contributed by atoms with E-state index in [1.165, 1.54) is 59.9 Å². The second kappa shape index (κ2) is 7.18. The van der Waals surface area contributed by atoms with E-state index in [0.717, 1.165) is 12.2 Å². The van der Waals surface area contributed by atoms with Gasteiger partial charge < -0.3 is 4.74 Å². The number of aromatic amines is 1. The van der Waals surface area contributed by atoms with Gasteiger partial charge in [0, 0.05) is 29.2 Å². The van der Waals surface area contributed by atoms with Crippen LogP contribution in [0, 0.1) is 5.92 Å². The minimum atomic E-state index is -0.118. The lowest BCUT2D eigenvalue weighted by Gasteiger charge is -2.46. The van der Waals surface area contributed by atoms with Gasteiger partial charge in [0.05, 0.1) is 6.20 Å². The van der Waals surface area contributed by atoms with Crippen molar-refractivity contribution >= 4 is 0 Å². The summed E-state index contributed by atoms with van der Waals surface area (Å²) in [5.74, 6) is 2.08. The predicted octanol–water partition coefficient (Wildman–Crippen LogP) is 6.42. The number of nitrogens with one attached hydrogen (secondary N) is 1. The highest BCUT2D eigenvalue weighted by Gasteiger charge is 2.44. The third-order valence-electron chi connectivity index (χ3n) is 6.47. The van der Waals surface area contributed by atoms with Crippen LogP contribution >= 0.6 is 0 Å². The lowest BCUT2D eigenvalue weighted by Crippen LogP contribution is -2.45. The van der Waals surface area contributed by atoms with Crippen LogP contribution in [0.1, 0.15) is 76.8 Å². The molecule has 1 N–H and O–H groups in total. The molecular weight excluding hydrogens is 332 g/mol. The van der Waals surface area contributed by atoms with Gasteiger partial charge in [0.15, 0.2) is 0 Å². The molecule has 2 heterocycles. The Morgan fingerprint density at radius 1 is 1.26 bits per heavy atom. The number of nitrogens with zero attached hydrogens (tertiary/aromatic N) is 1. The highest BCUT2D eigenvalue weighted by atomic mass is 16.5. The lowest BCUT2D eigenvalue weighted by atomic mass is 9.68. The number of unbranched alkanes of at least 4 members (excludes halogenated alkanes) is 2. The van der Waals surface area contributed by atoms with Crippen LogP contribution < -0.4 is 4.74 Å². The zero-order valence-corrected chi connectivity index (χ0v) is 17.1. The first kappa shape index (κ1) is 18.3. The molecule has 1 aliphatic carbocycles. The molecule has 27 heavy (non-hydrogen) atoms.